The molecule has 0 amide bonds. The van der Waals surface area contributed by atoms with Gasteiger partial charge in [0.2, 0.25) is 5.95 Å². The SMILES string of the molecule is O=C(O)CCC(=O)c1cn(-c2nc(N3CCCCC3)c3cc([N+](=O)[O-])ccc3n2)c2ccc(Cl)cc12. The van der Waals surface area contributed by atoms with Crippen LogP contribution in [0.2, 0.25) is 5.02 Å². The van der Waals surface area contributed by atoms with Crippen LogP contribution in [0.1, 0.15) is 42.5 Å². The molecule has 1 saturated heterocycles. The molecule has 0 bridgehead atoms. The molecule has 3 heterocycles. The summed E-state index contributed by atoms with van der Waals surface area (Å²) in [7, 11) is 0. The van der Waals surface area contributed by atoms with Crippen LogP contribution in [0, 0.1) is 10.1 Å². The number of anilines is 1. The summed E-state index contributed by atoms with van der Waals surface area (Å²) in [6.07, 6.45) is 4.26. The van der Waals surface area contributed by atoms with Crippen molar-refractivity contribution in [1.82, 2.24) is 14.5 Å². The second kappa shape index (κ2) is 9.54. The van der Waals surface area contributed by atoms with Gasteiger partial charge in [0, 0.05) is 59.2 Å². The molecule has 1 fully saturated rings. The summed E-state index contributed by atoms with van der Waals surface area (Å²) in [5, 5.41) is 22.0. The highest BCUT2D eigenvalue weighted by molar-refractivity contribution is 6.31. The lowest BCUT2D eigenvalue weighted by atomic mass is 10.1. The number of nitro groups is 1. The number of carbonyl (C=O) groups excluding carboxylic acids is 1. The number of hydrogen-bond acceptors (Lipinski definition) is 7. The Morgan fingerprint density at radius 1 is 1.03 bits per heavy atom. The first-order valence-electron chi connectivity index (χ1n) is 11.6. The van der Waals surface area contributed by atoms with E-state index in [1.54, 1.807) is 35.0 Å². The third-order valence-electron chi connectivity index (χ3n) is 6.36. The predicted octanol–water partition coefficient (Wildman–Crippen LogP) is 5.17. The summed E-state index contributed by atoms with van der Waals surface area (Å²) in [6.45, 7) is 1.55. The van der Waals surface area contributed by atoms with Crippen LogP contribution in [0.3, 0.4) is 0 Å². The Hall–Kier alpha value is -4.05. The second-order valence-electron chi connectivity index (χ2n) is 8.74. The van der Waals surface area contributed by atoms with E-state index in [1.165, 1.54) is 12.1 Å². The number of piperidine rings is 1. The molecule has 1 aliphatic heterocycles. The fraction of sp³-hybridized carbons (Fsp3) is 0.280. The van der Waals surface area contributed by atoms with Crippen molar-refractivity contribution in [2.45, 2.75) is 32.1 Å². The van der Waals surface area contributed by atoms with Crippen molar-refractivity contribution in [2.75, 3.05) is 18.0 Å². The molecule has 0 saturated carbocycles. The van der Waals surface area contributed by atoms with Crippen LogP contribution < -0.4 is 4.90 Å². The molecule has 0 radical (unpaired) electrons. The molecule has 11 heteroatoms. The van der Waals surface area contributed by atoms with Crippen LogP contribution >= 0.6 is 11.6 Å². The van der Waals surface area contributed by atoms with E-state index in [0.29, 0.717) is 44.2 Å². The topological polar surface area (TPSA) is 131 Å². The number of halogens is 1. The maximum atomic E-state index is 12.9. The summed E-state index contributed by atoms with van der Waals surface area (Å²) < 4.78 is 1.69. The van der Waals surface area contributed by atoms with Crippen molar-refractivity contribution in [3.63, 3.8) is 0 Å². The number of benzene rings is 2. The van der Waals surface area contributed by atoms with Crippen molar-refractivity contribution >= 4 is 56.7 Å². The molecule has 0 atom stereocenters. The second-order valence-corrected chi connectivity index (χ2v) is 9.18. The maximum absolute atomic E-state index is 12.9. The molecule has 4 aromatic rings. The first-order chi connectivity index (χ1) is 17.3. The van der Waals surface area contributed by atoms with E-state index in [0.717, 1.165) is 32.4 Å². The molecular weight excluding hydrogens is 486 g/mol. The van der Waals surface area contributed by atoms with Crippen molar-refractivity contribution in [3.8, 4) is 5.95 Å². The highest BCUT2D eigenvalue weighted by Crippen LogP contribution is 2.33. The molecule has 0 spiro atoms. The number of rotatable bonds is 7. The molecule has 10 nitrogen and oxygen atoms in total. The van der Waals surface area contributed by atoms with E-state index >= 15 is 0 Å². The van der Waals surface area contributed by atoms with Gasteiger partial charge >= 0.3 is 5.97 Å². The monoisotopic (exact) mass is 507 g/mol. The number of nitrogens with zero attached hydrogens (tertiary/aromatic N) is 5. The Balaban J connectivity index is 1.71. The van der Waals surface area contributed by atoms with Crippen molar-refractivity contribution in [3.05, 3.63) is 63.3 Å². The Bertz CT molecular complexity index is 1530. The van der Waals surface area contributed by atoms with Gasteiger partial charge in [-0.25, -0.2) is 4.98 Å². The standard InChI is InChI=1S/C25H22ClN5O5/c26-15-4-7-21-17(12-15)19(22(32)8-9-23(33)34)14-30(21)25-27-20-6-5-16(31(35)36)13-18(20)24(28-25)29-10-2-1-3-11-29/h4-7,12-14H,1-3,8-11H2,(H,33,34). The number of Topliss-reactive ketones (excluding diaryl/α,β-unsaturated/α-hetero) is 1. The van der Waals surface area contributed by atoms with Crippen LogP contribution in [0.15, 0.2) is 42.6 Å². The number of nitro benzene ring substituents is 1. The zero-order valence-corrected chi connectivity index (χ0v) is 19.9. The van der Waals surface area contributed by atoms with E-state index in [2.05, 4.69) is 9.88 Å². The summed E-state index contributed by atoms with van der Waals surface area (Å²) in [5.74, 6) is -0.464. The Morgan fingerprint density at radius 2 is 1.81 bits per heavy atom. The van der Waals surface area contributed by atoms with Gasteiger partial charge in [-0.1, -0.05) is 11.6 Å². The molecule has 184 valence electrons. The number of carboxylic acid groups (broad SMARTS) is 1. The van der Waals surface area contributed by atoms with E-state index < -0.39 is 10.9 Å². The molecule has 1 aliphatic rings. The molecule has 0 unspecified atom stereocenters. The average Bonchev–Trinajstić information content (AvgIpc) is 3.25. The van der Waals surface area contributed by atoms with E-state index in [4.69, 9.17) is 21.7 Å². The Morgan fingerprint density at radius 3 is 2.53 bits per heavy atom. The normalized spacial score (nSPS) is 13.9. The minimum atomic E-state index is -1.05. The fourth-order valence-electron chi connectivity index (χ4n) is 4.60. The lowest BCUT2D eigenvalue weighted by Gasteiger charge is -2.28. The largest absolute Gasteiger partial charge is 0.481 e. The molecular formula is C25H22ClN5O5. The molecule has 1 N–H and O–H groups in total. The highest BCUT2D eigenvalue weighted by Gasteiger charge is 2.23. The van der Waals surface area contributed by atoms with Crippen molar-refractivity contribution in [1.29, 1.82) is 0 Å². The number of non-ortho nitro benzene ring substituents is 1. The van der Waals surface area contributed by atoms with E-state index in [-0.39, 0.29) is 24.3 Å². The van der Waals surface area contributed by atoms with Crippen LogP contribution in [0.4, 0.5) is 11.5 Å². The minimum Gasteiger partial charge on any atom is -0.481 e. The van der Waals surface area contributed by atoms with E-state index in [9.17, 15) is 19.7 Å². The third kappa shape index (κ3) is 4.47. The first kappa shape index (κ1) is 23.7. The van der Waals surface area contributed by atoms with Gasteiger partial charge in [-0.3, -0.25) is 24.3 Å². The Kier molecular flexibility index (Phi) is 6.27. The van der Waals surface area contributed by atoms with Crippen molar-refractivity contribution in [2.24, 2.45) is 0 Å². The van der Waals surface area contributed by atoms with Gasteiger partial charge in [-0.2, -0.15) is 4.98 Å². The minimum absolute atomic E-state index is 0.0375. The van der Waals surface area contributed by atoms with Crippen LogP contribution in [-0.2, 0) is 4.79 Å². The molecule has 2 aromatic heterocycles. The lowest BCUT2D eigenvalue weighted by Crippen LogP contribution is -2.30. The summed E-state index contributed by atoms with van der Waals surface area (Å²) >= 11 is 6.22. The summed E-state index contributed by atoms with van der Waals surface area (Å²) in [6, 6.07) is 9.63. The van der Waals surface area contributed by atoms with Crippen molar-refractivity contribution < 1.29 is 19.6 Å². The van der Waals surface area contributed by atoms with Gasteiger partial charge in [-0.05, 0) is 43.5 Å². The average molecular weight is 508 g/mol. The molecule has 5 rings (SSSR count). The molecule has 2 aromatic carbocycles. The maximum Gasteiger partial charge on any atom is 0.303 e. The number of carbonyl (C=O) groups is 2. The third-order valence-corrected chi connectivity index (χ3v) is 6.60. The quantitative estimate of drug-likeness (QED) is 0.206. The number of hydrogen-bond donors (Lipinski definition) is 1. The number of fused-ring (bicyclic) bond motifs is 2. The highest BCUT2D eigenvalue weighted by atomic mass is 35.5. The number of carboxylic acids is 1. The van der Waals surface area contributed by atoms with E-state index in [1.807, 2.05) is 0 Å². The predicted molar refractivity (Wildman–Crippen MR) is 135 cm³/mol. The van der Waals surface area contributed by atoms with Gasteiger partial charge in [0.25, 0.3) is 5.69 Å². The number of aromatic nitrogens is 3. The summed E-state index contributed by atoms with van der Waals surface area (Å²) in [4.78, 5) is 46.5. The van der Waals surface area contributed by atoms with Gasteiger partial charge in [0.1, 0.15) is 5.82 Å². The Labute approximate surface area is 210 Å². The van der Waals surface area contributed by atoms with Crippen LogP contribution in [-0.4, -0.2) is 49.4 Å². The smallest absolute Gasteiger partial charge is 0.303 e. The zero-order chi connectivity index (χ0) is 25.4. The van der Waals surface area contributed by atoms with Crippen LogP contribution in [0.25, 0.3) is 27.8 Å². The van der Waals surface area contributed by atoms with Crippen LogP contribution in [0.5, 0.6) is 0 Å². The van der Waals surface area contributed by atoms with Gasteiger partial charge in [0.15, 0.2) is 5.78 Å². The molecule has 36 heavy (non-hydrogen) atoms. The summed E-state index contributed by atoms with van der Waals surface area (Å²) in [5.41, 5.74) is 1.48. The zero-order valence-electron chi connectivity index (χ0n) is 19.2. The van der Waals surface area contributed by atoms with Gasteiger partial charge in [0.05, 0.1) is 22.4 Å². The fourth-order valence-corrected chi connectivity index (χ4v) is 4.77. The number of aliphatic carboxylic acids is 1. The van der Waals surface area contributed by atoms with Gasteiger partial charge in [-0.15, -0.1) is 0 Å². The molecule has 0 aliphatic carbocycles. The first-order valence-corrected chi connectivity index (χ1v) is 12.0. The number of ketones is 1. The van der Waals surface area contributed by atoms with Gasteiger partial charge < -0.3 is 10.0 Å². The lowest BCUT2D eigenvalue weighted by molar-refractivity contribution is -0.384.